The summed E-state index contributed by atoms with van der Waals surface area (Å²) in [6.07, 6.45) is 1.44. The largest absolute Gasteiger partial charge is 0.490 e. The lowest BCUT2D eigenvalue weighted by molar-refractivity contribution is -0.923. The van der Waals surface area contributed by atoms with Gasteiger partial charge in [-0.15, -0.1) is 0 Å². The molecule has 2 heterocycles. The number of imide groups is 2. The molecule has 4 amide bonds. The molecule has 8 nitrogen and oxygen atoms in total. The number of carbonyl (C=O) groups is 3. The van der Waals surface area contributed by atoms with Crippen molar-refractivity contribution in [1.82, 2.24) is 9.80 Å². The molecule has 0 aromatic heterocycles. The van der Waals surface area contributed by atoms with Crippen LogP contribution in [-0.4, -0.2) is 60.6 Å². The Kier molecular flexibility index (Phi) is 6.18. The van der Waals surface area contributed by atoms with E-state index in [1.165, 1.54) is 5.56 Å². The lowest BCUT2D eigenvalue weighted by Gasteiger charge is -2.29. The van der Waals surface area contributed by atoms with Crippen LogP contribution < -0.4 is 14.4 Å². The fourth-order valence-electron chi connectivity index (χ4n) is 3.72. The number of nitrogens with one attached hydrogen (secondary N) is 1. The molecule has 0 aliphatic carbocycles. The van der Waals surface area contributed by atoms with Gasteiger partial charge in [0.2, 0.25) is 0 Å². The normalized spacial score (nSPS) is 19.2. The Morgan fingerprint density at radius 3 is 2.14 bits per heavy atom. The Bertz CT molecular complexity index is 779. The van der Waals surface area contributed by atoms with E-state index in [1.54, 1.807) is 0 Å². The van der Waals surface area contributed by atoms with Gasteiger partial charge in [-0.1, -0.05) is 6.92 Å². The first kappa shape index (κ1) is 20.1. The van der Waals surface area contributed by atoms with Crippen molar-refractivity contribution in [1.29, 1.82) is 0 Å². The van der Waals surface area contributed by atoms with Crippen molar-refractivity contribution in [2.45, 2.75) is 40.2 Å². The molecule has 0 bridgehead atoms. The van der Waals surface area contributed by atoms with Gasteiger partial charge in [0.1, 0.15) is 6.54 Å². The number of ether oxygens (including phenoxy) is 2. The van der Waals surface area contributed by atoms with Crippen molar-refractivity contribution in [3.63, 3.8) is 0 Å². The number of hydrogen-bond acceptors (Lipinski definition) is 5. The molecule has 1 N–H and O–H groups in total. The molecule has 1 fully saturated rings. The molecule has 2 aliphatic heterocycles. The first-order chi connectivity index (χ1) is 13.5. The van der Waals surface area contributed by atoms with E-state index in [1.807, 2.05) is 32.9 Å². The van der Waals surface area contributed by atoms with Crippen LogP contribution >= 0.6 is 0 Å². The van der Waals surface area contributed by atoms with E-state index in [9.17, 15) is 14.4 Å². The maximum absolute atomic E-state index is 12.5. The first-order valence-electron chi connectivity index (χ1n) is 9.92. The molecule has 1 aromatic carbocycles. The molecule has 1 aromatic rings. The zero-order valence-corrected chi connectivity index (χ0v) is 16.7. The molecule has 152 valence electrons. The fraction of sp³-hybridized carbons (Fsp3) is 0.550. The first-order valence-corrected chi connectivity index (χ1v) is 9.92. The van der Waals surface area contributed by atoms with E-state index < -0.39 is 17.8 Å². The number of fused-ring (bicyclic) bond motifs is 1. The smallest absolute Gasteiger partial charge is 0.338 e. The lowest BCUT2D eigenvalue weighted by Crippen LogP contribution is -3.13. The number of amides is 4. The van der Waals surface area contributed by atoms with Crippen LogP contribution in [0.15, 0.2) is 12.1 Å². The van der Waals surface area contributed by atoms with Gasteiger partial charge >= 0.3 is 17.8 Å². The number of rotatable bonds is 8. The molecule has 0 radical (unpaired) electrons. The van der Waals surface area contributed by atoms with Crippen LogP contribution in [0.4, 0.5) is 4.79 Å². The molecule has 0 saturated carbocycles. The molecule has 28 heavy (non-hydrogen) atoms. The van der Waals surface area contributed by atoms with Gasteiger partial charge in [0.05, 0.1) is 19.8 Å². The Labute approximate surface area is 165 Å². The van der Waals surface area contributed by atoms with E-state index in [0.717, 1.165) is 39.0 Å². The Hall–Kier alpha value is -2.61. The van der Waals surface area contributed by atoms with Gasteiger partial charge in [-0.3, -0.25) is 14.5 Å². The van der Waals surface area contributed by atoms with Gasteiger partial charge in [-0.2, -0.15) is 0 Å². The predicted octanol–water partition coefficient (Wildman–Crippen LogP) is 0.583. The molecule has 1 atom stereocenters. The zero-order chi connectivity index (χ0) is 20.3. The summed E-state index contributed by atoms with van der Waals surface area (Å²) < 4.78 is 11.4. The predicted molar refractivity (Wildman–Crippen MR) is 101 cm³/mol. The highest BCUT2D eigenvalue weighted by molar-refractivity contribution is 6.44. The number of carbonyl (C=O) groups excluding carboxylic acids is 3. The minimum Gasteiger partial charge on any atom is -0.490 e. The molecule has 8 heteroatoms. The van der Waals surface area contributed by atoms with Crippen LogP contribution in [0.3, 0.4) is 0 Å². The summed E-state index contributed by atoms with van der Waals surface area (Å²) in [6, 6.07) is 3.52. The Morgan fingerprint density at radius 1 is 0.929 bits per heavy atom. The molecule has 1 saturated heterocycles. The van der Waals surface area contributed by atoms with Gasteiger partial charge in [0.25, 0.3) is 0 Å². The van der Waals surface area contributed by atoms with Crippen molar-refractivity contribution < 1.29 is 28.8 Å². The summed E-state index contributed by atoms with van der Waals surface area (Å²) in [4.78, 5) is 39.9. The Balaban J connectivity index is 1.74. The summed E-state index contributed by atoms with van der Waals surface area (Å²) in [6.45, 7) is 8.74. The quantitative estimate of drug-likeness (QED) is 0.519. The highest BCUT2D eigenvalue weighted by atomic mass is 16.5. The minimum atomic E-state index is -0.724. The number of benzene rings is 1. The van der Waals surface area contributed by atoms with E-state index >= 15 is 0 Å². The van der Waals surface area contributed by atoms with Gasteiger partial charge in [-0.05, 0) is 38.0 Å². The molecule has 1 unspecified atom stereocenters. The monoisotopic (exact) mass is 390 g/mol. The van der Waals surface area contributed by atoms with Gasteiger partial charge in [-0.25, -0.2) is 9.69 Å². The maximum Gasteiger partial charge on any atom is 0.338 e. The minimum absolute atomic E-state index is 0.195. The van der Waals surface area contributed by atoms with Crippen molar-refractivity contribution in [2.75, 3.05) is 33.0 Å². The summed E-state index contributed by atoms with van der Waals surface area (Å²) in [5.74, 6) is 0.0151. The van der Waals surface area contributed by atoms with E-state index in [0.29, 0.717) is 31.9 Å². The van der Waals surface area contributed by atoms with Crippen LogP contribution in [0.1, 0.15) is 38.3 Å². The number of hydrogen-bond donors (Lipinski definition) is 1. The van der Waals surface area contributed by atoms with Crippen molar-refractivity contribution in [3.8, 4) is 11.5 Å². The second-order valence-electron chi connectivity index (χ2n) is 6.99. The maximum atomic E-state index is 12.5. The average Bonchev–Trinajstić information content (AvgIpc) is 2.87. The number of urea groups is 1. The molecular weight excluding hydrogens is 362 g/mol. The average molecular weight is 390 g/mol. The summed E-state index contributed by atoms with van der Waals surface area (Å²) in [5, 5.41) is 0. The summed E-state index contributed by atoms with van der Waals surface area (Å²) in [5.41, 5.74) is 2.31. The van der Waals surface area contributed by atoms with Crippen LogP contribution in [-0.2, 0) is 22.6 Å². The van der Waals surface area contributed by atoms with Gasteiger partial charge in [0, 0.05) is 18.5 Å². The summed E-state index contributed by atoms with van der Waals surface area (Å²) in [7, 11) is 0. The number of quaternary nitrogens is 1. The third-order valence-electron chi connectivity index (χ3n) is 5.02. The second kappa shape index (κ2) is 8.60. The second-order valence-corrected chi connectivity index (χ2v) is 6.99. The lowest BCUT2D eigenvalue weighted by atomic mass is 9.99. The van der Waals surface area contributed by atoms with E-state index in [2.05, 4.69) is 0 Å². The molecule has 3 rings (SSSR count). The summed E-state index contributed by atoms with van der Waals surface area (Å²) >= 11 is 0. The number of nitrogens with zero attached hydrogens (tertiary/aromatic N) is 2. The highest BCUT2D eigenvalue weighted by Gasteiger charge is 2.45. The topological polar surface area (TPSA) is 80.6 Å². The van der Waals surface area contributed by atoms with E-state index in [4.69, 9.17) is 9.47 Å². The molecule has 2 aliphatic rings. The van der Waals surface area contributed by atoms with Crippen molar-refractivity contribution >= 4 is 17.8 Å². The van der Waals surface area contributed by atoms with Crippen LogP contribution in [0.2, 0.25) is 0 Å². The van der Waals surface area contributed by atoms with E-state index in [-0.39, 0.29) is 13.2 Å². The van der Waals surface area contributed by atoms with Crippen LogP contribution in [0.5, 0.6) is 11.5 Å². The fourth-order valence-corrected chi connectivity index (χ4v) is 3.72. The third kappa shape index (κ3) is 3.82. The third-order valence-corrected chi connectivity index (χ3v) is 5.02. The van der Waals surface area contributed by atoms with Crippen molar-refractivity contribution in [2.24, 2.45) is 0 Å². The van der Waals surface area contributed by atoms with Crippen LogP contribution in [0, 0.1) is 0 Å². The van der Waals surface area contributed by atoms with Gasteiger partial charge < -0.3 is 14.4 Å². The van der Waals surface area contributed by atoms with Crippen LogP contribution in [0.25, 0.3) is 0 Å². The van der Waals surface area contributed by atoms with Crippen molar-refractivity contribution in [3.05, 3.63) is 23.3 Å². The highest BCUT2D eigenvalue weighted by Crippen LogP contribution is 2.32. The Morgan fingerprint density at radius 2 is 1.54 bits per heavy atom. The molecule has 0 spiro atoms. The molecular formula is C20H28N3O5+. The standard InChI is InChI=1S/C20H27N3O5/c1-4-8-22-18(24)19(25)23(20(22)26)13-21-9-7-14-10-16(27-5-2)17(28-6-3)11-15(14)12-21/h10-11H,4-9,12-13H2,1-3H3/p+1. The SMILES string of the molecule is CCCN1C(=O)C(=O)N(C[NH+]2CCc3cc(OCC)c(OCC)cc3C2)C1=O. The van der Waals surface area contributed by atoms with Gasteiger partial charge in [0.15, 0.2) is 18.2 Å². The zero-order valence-electron chi connectivity index (χ0n) is 16.7.